The molecule has 2 aromatic heterocycles. The van der Waals surface area contributed by atoms with Crippen LogP contribution < -0.4 is 0 Å². The van der Waals surface area contributed by atoms with E-state index in [-0.39, 0.29) is 0 Å². The molecule has 6 heteroatoms. The van der Waals surface area contributed by atoms with E-state index in [1.165, 1.54) is 10.9 Å². The molecule has 3 nitrogen and oxygen atoms in total. The summed E-state index contributed by atoms with van der Waals surface area (Å²) in [6.07, 6.45) is -1.59. The third kappa shape index (κ3) is 2.32. The van der Waals surface area contributed by atoms with Gasteiger partial charge in [-0.05, 0) is 42.5 Å². The average molecular weight is 278 g/mol. The fourth-order valence-corrected chi connectivity index (χ4v) is 1.84. The van der Waals surface area contributed by atoms with Crippen LogP contribution in [-0.4, -0.2) is 9.78 Å². The van der Waals surface area contributed by atoms with Gasteiger partial charge in [0.1, 0.15) is 5.76 Å². The van der Waals surface area contributed by atoms with Crippen LogP contribution >= 0.6 is 0 Å². The first-order valence-corrected chi connectivity index (χ1v) is 5.81. The maximum absolute atomic E-state index is 12.5. The fourth-order valence-electron chi connectivity index (χ4n) is 1.84. The highest BCUT2D eigenvalue weighted by Gasteiger charge is 2.33. The number of nitrogens with zero attached hydrogens (tertiary/aromatic N) is 2. The van der Waals surface area contributed by atoms with Crippen LogP contribution in [0.2, 0.25) is 0 Å². The van der Waals surface area contributed by atoms with Gasteiger partial charge in [-0.2, -0.15) is 18.3 Å². The summed E-state index contributed by atoms with van der Waals surface area (Å²) in [6.45, 7) is 0. The van der Waals surface area contributed by atoms with Gasteiger partial charge in [0.05, 0.1) is 12.0 Å². The second-order valence-electron chi connectivity index (χ2n) is 4.17. The molecule has 0 N–H and O–H groups in total. The van der Waals surface area contributed by atoms with Gasteiger partial charge in [0.25, 0.3) is 0 Å². The van der Waals surface area contributed by atoms with Gasteiger partial charge in [-0.25, -0.2) is 4.68 Å². The SMILES string of the molecule is FC(F)(F)c1ccn(-c2ccc(-c3ccco3)cc2)n1. The smallest absolute Gasteiger partial charge is 0.435 e. The molecule has 0 aliphatic rings. The number of halogens is 3. The standard InChI is InChI=1S/C14H9F3N2O/c15-14(16,17)13-7-8-19(18-13)11-5-3-10(4-6-11)12-2-1-9-20-12/h1-9H. The molecular formula is C14H9F3N2O. The quantitative estimate of drug-likeness (QED) is 0.705. The second-order valence-corrected chi connectivity index (χ2v) is 4.17. The van der Waals surface area contributed by atoms with Crippen molar-refractivity contribution in [3.05, 3.63) is 60.6 Å². The third-order valence-electron chi connectivity index (χ3n) is 2.82. The van der Waals surface area contributed by atoms with E-state index in [0.717, 1.165) is 11.6 Å². The molecule has 0 bridgehead atoms. The van der Waals surface area contributed by atoms with Gasteiger partial charge in [-0.1, -0.05) is 0 Å². The largest absolute Gasteiger partial charge is 0.464 e. The number of benzene rings is 1. The molecule has 0 amide bonds. The zero-order valence-electron chi connectivity index (χ0n) is 10.1. The van der Waals surface area contributed by atoms with Crippen LogP contribution in [0.5, 0.6) is 0 Å². The molecule has 3 aromatic rings. The summed E-state index contributed by atoms with van der Waals surface area (Å²) in [5.41, 5.74) is 0.491. The van der Waals surface area contributed by atoms with Crippen molar-refractivity contribution in [1.82, 2.24) is 9.78 Å². The van der Waals surface area contributed by atoms with Crippen LogP contribution in [-0.2, 0) is 6.18 Å². The number of alkyl halides is 3. The molecule has 0 radical (unpaired) electrons. The highest BCUT2D eigenvalue weighted by Crippen LogP contribution is 2.28. The Morgan fingerprint density at radius 3 is 2.30 bits per heavy atom. The van der Waals surface area contributed by atoms with E-state index in [2.05, 4.69) is 5.10 Å². The molecule has 0 spiro atoms. The molecule has 2 heterocycles. The van der Waals surface area contributed by atoms with Gasteiger partial charge in [0.2, 0.25) is 0 Å². The van der Waals surface area contributed by atoms with Gasteiger partial charge >= 0.3 is 6.18 Å². The second kappa shape index (κ2) is 4.56. The molecule has 0 aliphatic carbocycles. The predicted molar refractivity (Wildman–Crippen MR) is 66.3 cm³/mol. The first-order valence-electron chi connectivity index (χ1n) is 5.81. The summed E-state index contributed by atoms with van der Waals surface area (Å²) in [6, 6.07) is 11.4. The van der Waals surface area contributed by atoms with Gasteiger partial charge in [-0.3, -0.25) is 0 Å². The fraction of sp³-hybridized carbons (Fsp3) is 0.0714. The third-order valence-corrected chi connectivity index (χ3v) is 2.82. The topological polar surface area (TPSA) is 31.0 Å². The summed E-state index contributed by atoms with van der Waals surface area (Å²) in [5, 5.41) is 3.51. The monoisotopic (exact) mass is 278 g/mol. The Morgan fingerprint density at radius 2 is 1.75 bits per heavy atom. The van der Waals surface area contributed by atoms with E-state index >= 15 is 0 Å². The number of aromatic nitrogens is 2. The zero-order chi connectivity index (χ0) is 14.2. The Morgan fingerprint density at radius 1 is 1.00 bits per heavy atom. The molecule has 0 atom stereocenters. The summed E-state index contributed by atoms with van der Waals surface area (Å²) in [5.74, 6) is 0.702. The number of rotatable bonds is 2. The van der Waals surface area contributed by atoms with Gasteiger partial charge < -0.3 is 4.42 Å². The predicted octanol–water partition coefficient (Wildman–Crippen LogP) is 4.15. The first kappa shape index (κ1) is 12.5. The Hall–Kier alpha value is -2.50. The van der Waals surface area contributed by atoms with Crippen LogP contribution in [0.1, 0.15) is 5.69 Å². The van der Waals surface area contributed by atoms with Crippen LogP contribution in [0, 0.1) is 0 Å². The van der Waals surface area contributed by atoms with Crippen molar-refractivity contribution in [2.24, 2.45) is 0 Å². The normalized spacial score (nSPS) is 11.8. The highest BCUT2D eigenvalue weighted by molar-refractivity contribution is 5.58. The number of hydrogen-bond donors (Lipinski definition) is 0. The van der Waals surface area contributed by atoms with Gasteiger partial charge in [-0.15, -0.1) is 0 Å². The van der Waals surface area contributed by atoms with E-state index in [1.807, 2.05) is 6.07 Å². The Bertz CT molecular complexity index is 697. The van der Waals surface area contributed by atoms with Gasteiger partial charge in [0, 0.05) is 11.8 Å². The Kier molecular flexibility index (Phi) is 2.85. The zero-order valence-corrected chi connectivity index (χ0v) is 10.1. The lowest BCUT2D eigenvalue weighted by Crippen LogP contribution is -2.07. The molecule has 20 heavy (non-hydrogen) atoms. The van der Waals surface area contributed by atoms with Crippen molar-refractivity contribution in [3.8, 4) is 17.0 Å². The van der Waals surface area contributed by atoms with Crippen molar-refractivity contribution in [2.45, 2.75) is 6.18 Å². The maximum Gasteiger partial charge on any atom is 0.435 e. The molecular weight excluding hydrogens is 269 g/mol. The van der Waals surface area contributed by atoms with Crippen LogP contribution in [0.4, 0.5) is 13.2 Å². The van der Waals surface area contributed by atoms with Crippen LogP contribution in [0.15, 0.2) is 59.3 Å². The van der Waals surface area contributed by atoms with Crippen molar-refractivity contribution in [1.29, 1.82) is 0 Å². The molecule has 0 unspecified atom stereocenters. The van der Waals surface area contributed by atoms with E-state index < -0.39 is 11.9 Å². The van der Waals surface area contributed by atoms with Crippen LogP contribution in [0.3, 0.4) is 0 Å². The van der Waals surface area contributed by atoms with Crippen molar-refractivity contribution in [3.63, 3.8) is 0 Å². The Labute approximate surface area is 112 Å². The minimum absolute atomic E-state index is 0.552. The van der Waals surface area contributed by atoms with E-state index in [0.29, 0.717) is 11.4 Å². The summed E-state index contributed by atoms with van der Waals surface area (Å²) in [7, 11) is 0. The first-order chi connectivity index (χ1) is 9.54. The molecule has 0 saturated heterocycles. The lowest BCUT2D eigenvalue weighted by molar-refractivity contribution is -0.141. The van der Waals surface area contributed by atoms with E-state index in [4.69, 9.17) is 4.42 Å². The Balaban J connectivity index is 1.90. The summed E-state index contributed by atoms with van der Waals surface area (Å²) < 4.78 is 43.9. The van der Waals surface area contributed by atoms with Crippen LogP contribution in [0.25, 0.3) is 17.0 Å². The molecule has 0 aliphatic heterocycles. The minimum atomic E-state index is -4.43. The number of furan rings is 1. The summed E-state index contributed by atoms with van der Waals surface area (Å²) in [4.78, 5) is 0. The molecule has 0 saturated carbocycles. The lowest BCUT2D eigenvalue weighted by atomic mass is 10.1. The maximum atomic E-state index is 12.5. The lowest BCUT2D eigenvalue weighted by Gasteiger charge is -2.04. The van der Waals surface area contributed by atoms with Crippen molar-refractivity contribution in [2.75, 3.05) is 0 Å². The highest BCUT2D eigenvalue weighted by atomic mass is 19.4. The average Bonchev–Trinajstić information content (AvgIpc) is 3.10. The minimum Gasteiger partial charge on any atom is -0.464 e. The van der Waals surface area contributed by atoms with Crippen molar-refractivity contribution < 1.29 is 17.6 Å². The molecule has 0 fully saturated rings. The van der Waals surface area contributed by atoms with E-state index in [9.17, 15) is 13.2 Å². The molecule has 1 aromatic carbocycles. The van der Waals surface area contributed by atoms with Gasteiger partial charge in [0.15, 0.2) is 5.69 Å². The number of hydrogen-bond acceptors (Lipinski definition) is 2. The molecule has 3 rings (SSSR count). The van der Waals surface area contributed by atoms with E-state index in [1.54, 1.807) is 36.6 Å². The molecule has 102 valence electrons. The summed E-state index contributed by atoms with van der Waals surface area (Å²) >= 11 is 0. The van der Waals surface area contributed by atoms with Crippen molar-refractivity contribution >= 4 is 0 Å².